The van der Waals surface area contributed by atoms with Gasteiger partial charge in [-0.2, -0.15) is 0 Å². The standard InChI is InChI=1S/C12H17N3O3/c1-14(7-3-6-13)12(16)9-10-4-2-5-11(8-10)15(17)18/h2,4-5,8H,3,6-7,9,13H2,1H3. The summed E-state index contributed by atoms with van der Waals surface area (Å²) >= 11 is 0. The molecule has 0 aliphatic rings. The lowest BCUT2D eigenvalue weighted by Gasteiger charge is -2.16. The molecule has 6 nitrogen and oxygen atoms in total. The number of likely N-dealkylation sites (N-methyl/N-ethyl adjacent to an activating group) is 1. The first kappa shape index (κ1) is 14.1. The van der Waals surface area contributed by atoms with Gasteiger partial charge in [-0.1, -0.05) is 12.1 Å². The number of carbonyl (C=O) groups excluding carboxylic acids is 1. The fourth-order valence-electron chi connectivity index (χ4n) is 1.54. The number of carbonyl (C=O) groups is 1. The molecule has 0 saturated heterocycles. The van der Waals surface area contributed by atoms with E-state index in [1.165, 1.54) is 12.1 Å². The zero-order chi connectivity index (χ0) is 13.5. The quantitative estimate of drug-likeness (QED) is 0.602. The Labute approximate surface area is 106 Å². The molecule has 0 unspecified atom stereocenters. The average molecular weight is 251 g/mol. The molecule has 0 radical (unpaired) electrons. The number of nitro groups is 1. The molecule has 1 amide bonds. The molecule has 2 N–H and O–H groups in total. The van der Waals surface area contributed by atoms with E-state index in [0.29, 0.717) is 18.7 Å². The fraction of sp³-hybridized carbons (Fsp3) is 0.417. The van der Waals surface area contributed by atoms with Crippen molar-refractivity contribution < 1.29 is 9.72 Å². The van der Waals surface area contributed by atoms with Crippen molar-refractivity contribution in [1.82, 2.24) is 4.90 Å². The molecular weight excluding hydrogens is 234 g/mol. The number of nitrogens with zero attached hydrogens (tertiary/aromatic N) is 2. The van der Waals surface area contributed by atoms with Crippen LogP contribution in [0.4, 0.5) is 5.69 Å². The van der Waals surface area contributed by atoms with Gasteiger partial charge in [-0.25, -0.2) is 0 Å². The molecule has 1 aromatic rings. The lowest BCUT2D eigenvalue weighted by Crippen LogP contribution is -2.30. The number of amides is 1. The minimum absolute atomic E-state index is 0.00455. The van der Waals surface area contributed by atoms with Crippen LogP contribution < -0.4 is 5.73 Å². The first-order valence-corrected chi connectivity index (χ1v) is 5.72. The molecule has 0 bridgehead atoms. The molecule has 1 rings (SSSR count). The monoisotopic (exact) mass is 251 g/mol. The molecule has 1 aromatic carbocycles. The number of benzene rings is 1. The molecule has 0 aliphatic carbocycles. The predicted octanol–water partition coefficient (Wildman–Crippen LogP) is 0.944. The largest absolute Gasteiger partial charge is 0.345 e. The van der Waals surface area contributed by atoms with Crippen molar-refractivity contribution >= 4 is 11.6 Å². The van der Waals surface area contributed by atoms with Gasteiger partial charge in [0.05, 0.1) is 11.3 Å². The van der Waals surface area contributed by atoms with E-state index in [0.717, 1.165) is 6.42 Å². The molecule has 18 heavy (non-hydrogen) atoms. The minimum Gasteiger partial charge on any atom is -0.345 e. The van der Waals surface area contributed by atoms with Crippen molar-refractivity contribution in [2.75, 3.05) is 20.1 Å². The van der Waals surface area contributed by atoms with Crippen LogP contribution in [0.25, 0.3) is 0 Å². The maximum Gasteiger partial charge on any atom is 0.269 e. The lowest BCUT2D eigenvalue weighted by molar-refractivity contribution is -0.384. The van der Waals surface area contributed by atoms with E-state index in [2.05, 4.69) is 0 Å². The maximum atomic E-state index is 11.8. The molecule has 0 atom stereocenters. The molecule has 0 heterocycles. The van der Waals surface area contributed by atoms with Crippen LogP contribution >= 0.6 is 0 Å². The Hall–Kier alpha value is -1.95. The Kier molecular flexibility index (Phi) is 5.26. The Morgan fingerprint density at radius 1 is 1.50 bits per heavy atom. The van der Waals surface area contributed by atoms with Crippen molar-refractivity contribution in [3.05, 3.63) is 39.9 Å². The van der Waals surface area contributed by atoms with Gasteiger partial charge in [-0.05, 0) is 18.5 Å². The molecular formula is C12H17N3O3. The third-order valence-corrected chi connectivity index (χ3v) is 2.60. The van der Waals surface area contributed by atoms with E-state index in [9.17, 15) is 14.9 Å². The second kappa shape index (κ2) is 6.70. The number of non-ortho nitro benzene ring substituents is 1. The zero-order valence-corrected chi connectivity index (χ0v) is 10.3. The summed E-state index contributed by atoms with van der Waals surface area (Å²) in [5, 5.41) is 10.6. The second-order valence-electron chi connectivity index (χ2n) is 4.06. The summed E-state index contributed by atoms with van der Waals surface area (Å²) < 4.78 is 0. The highest BCUT2D eigenvalue weighted by Crippen LogP contribution is 2.14. The van der Waals surface area contributed by atoms with Crippen molar-refractivity contribution in [2.45, 2.75) is 12.8 Å². The summed E-state index contributed by atoms with van der Waals surface area (Å²) in [6.07, 6.45) is 0.917. The van der Waals surface area contributed by atoms with Gasteiger partial charge in [0.2, 0.25) is 5.91 Å². The Bertz CT molecular complexity index is 434. The Morgan fingerprint density at radius 3 is 2.83 bits per heavy atom. The van der Waals surface area contributed by atoms with Crippen LogP contribution in [-0.2, 0) is 11.2 Å². The molecule has 6 heteroatoms. The minimum atomic E-state index is -0.466. The third-order valence-electron chi connectivity index (χ3n) is 2.60. The van der Waals surface area contributed by atoms with Gasteiger partial charge in [0.1, 0.15) is 0 Å². The Balaban J connectivity index is 2.64. The molecule has 98 valence electrons. The number of nitro benzene ring substituents is 1. The summed E-state index contributed by atoms with van der Waals surface area (Å²) in [6, 6.07) is 6.13. The SMILES string of the molecule is CN(CCCN)C(=O)Cc1cccc([N+](=O)[O-])c1. The predicted molar refractivity (Wildman–Crippen MR) is 68.1 cm³/mol. The van der Waals surface area contributed by atoms with Gasteiger partial charge in [-0.3, -0.25) is 14.9 Å². The Morgan fingerprint density at radius 2 is 2.22 bits per heavy atom. The highest BCUT2D eigenvalue weighted by molar-refractivity contribution is 5.78. The zero-order valence-electron chi connectivity index (χ0n) is 10.3. The first-order chi connectivity index (χ1) is 8.54. The average Bonchev–Trinajstić information content (AvgIpc) is 2.36. The van der Waals surface area contributed by atoms with Gasteiger partial charge in [0.25, 0.3) is 5.69 Å². The highest BCUT2D eigenvalue weighted by atomic mass is 16.6. The maximum absolute atomic E-state index is 11.8. The van der Waals surface area contributed by atoms with Gasteiger partial charge in [0.15, 0.2) is 0 Å². The van der Waals surface area contributed by atoms with Crippen LogP contribution in [0.3, 0.4) is 0 Å². The lowest BCUT2D eigenvalue weighted by atomic mass is 10.1. The fourth-order valence-corrected chi connectivity index (χ4v) is 1.54. The number of hydrogen-bond donors (Lipinski definition) is 1. The van der Waals surface area contributed by atoms with E-state index < -0.39 is 4.92 Å². The van der Waals surface area contributed by atoms with Crippen LogP contribution in [-0.4, -0.2) is 35.9 Å². The van der Waals surface area contributed by atoms with Gasteiger partial charge in [0, 0.05) is 25.7 Å². The van der Waals surface area contributed by atoms with Gasteiger partial charge < -0.3 is 10.6 Å². The number of rotatable bonds is 6. The van der Waals surface area contributed by atoms with E-state index in [4.69, 9.17) is 5.73 Å². The summed E-state index contributed by atoms with van der Waals surface area (Å²) in [5.41, 5.74) is 6.02. The van der Waals surface area contributed by atoms with Crippen LogP contribution in [0.1, 0.15) is 12.0 Å². The molecule has 0 aliphatic heterocycles. The van der Waals surface area contributed by atoms with E-state index in [-0.39, 0.29) is 18.0 Å². The summed E-state index contributed by atoms with van der Waals surface area (Å²) in [4.78, 5) is 23.5. The smallest absolute Gasteiger partial charge is 0.269 e. The number of hydrogen-bond acceptors (Lipinski definition) is 4. The second-order valence-corrected chi connectivity index (χ2v) is 4.06. The molecule has 0 fully saturated rings. The summed E-state index contributed by atoms with van der Waals surface area (Å²) in [7, 11) is 1.70. The molecule has 0 spiro atoms. The normalized spacial score (nSPS) is 10.1. The van der Waals surface area contributed by atoms with Crippen LogP contribution in [0.15, 0.2) is 24.3 Å². The van der Waals surface area contributed by atoms with Crippen molar-refractivity contribution in [3.8, 4) is 0 Å². The van der Waals surface area contributed by atoms with Crippen LogP contribution in [0.5, 0.6) is 0 Å². The highest BCUT2D eigenvalue weighted by Gasteiger charge is 2.11. The van der Waals surface area contributed by atoms with Gasteiger partial charge in [-0.15, -0.1) is 0 Å². The van der Waals surface area contributed by atoms with E-state index in [1.807, 2.05) is 0 Å². The number of nitrogens with two attached hydrogens (primary N) is 1. The first-order valence-electron chi connectivity index (χ1n) is 5.72. The van der Waals surface area contributed by atoms with Gasteiger partial charge >= 0.3 is 0 Å². The van der Waals surface area contributed by atoms with Crippen molar-refractivity contribution in [2.24, 2.45) is 5.73 Å². The van der Waals surface area contributed by atoms with E-state index >= 15 is 0 Å². The molecule has 0 aromatic heterocycles. The van der Waals surface area contributed by atoms with Crippen LogP contribution in [0, 0.1) is 10.1 Å². The summed E-state index contributed by atoms with van der Waals surface area (Å²) in [5.74, 6) is -0.0658. The summed E-state index contributed by atoms with van der Waals surface area (Å²) in [6.45, 7) is 1.14. The topological polar surface area (TPSA) is 89.5 Å². The van der Waals surface area contributed by atoms with Crippen molar-refractivity contribution in [1.29, 1.82) is 0 Å². The molecule has 0 saturated carbocycles. The third kappa shape index (κ3) is 4.14. The van der Waals surface area contributed by atoms with Crippen LogP contribution in [0.2, 0.25) is 0 Å². The van der Waals surface area contributed by atoms with E-state index in [1.54, 1.807) is 24.1 Å². The van der Waals surface area contributed by atoms with Crippen molar-refractivity contribution in [3.63, 3.8) is 0 Å².